The van der Waals surface area contributed by atoms with Gasteiger partial charge in [0.05, 0.1) is 0 Å². The van der Waals surface area contributed by atoms with Crippen molar-refractivity contribution in [3.05, 3.63) is 29.8 Å². The van der Waals surface area contributed by atoms with Gasteiger partial charge < -0.3 is 5.73 Å². The third-order valence-electron chi connectivity index (χ3n) is 5.18. The molecule has 3 unspecified atom stereocenters. The molecule has 0 spiro atoms. The van der Waals surface area contributed by atoms with Gasteiger partial charge in [-0.15, -0.1) is 0 Å². The van der Waals surface area contributed by atoms with E-state index in [2.05, 4.69) is 30.0 Å². The van der Waals surface area contributed by atoms with Crippen molar-refractivity contribution >= 4 is 5.69 Å². The number of nitrogen functional groups attached to an aromatic ring is 1. The highest BCUT2D eigenvalue weighted by molar-refractivity contribution is 5.40. The Balaban J connectivity index is 1.59. The summed E-state index contributed by atoms with van der Waals surface area (Å²) in [7, 11) is 0. The van der Waals surface area contributed by atoms with Crippen molar-refractivity contribution < 1.29 is 0 Å². The van der Waals surface area contributed by atoms with E-state index in [1.54, 1.807) is 0 Å². The minimum Gasteiger partial charge on any atom is -0.399 e. The fraction of sp³-hybridized carbons (Fsp3) is 0.647. The van der Waals surface area contributed by atoms with Gasteiger partial charge in [-0.3, -0.25) is 4.90 Å². The predicted molar refractivity (Wildman–Crippen MR) is 80.7 cm³/mol. The molecule has 1 aromatic carbocycles. The second-order valence-electron chi connectivity index (χ2n) is 6.51. The van der Waals surface area contributed by atoms with Gasteiger partial charge in [-0.25, -0.2) is 0 Å². The molecule has 1 aromatic rings. The second-order valence-corrected chi connectivity index (χ2v) is 6.51. The maximum Gasteiger partial charge on any atom is 0.0317 e. The number of nitrogens with zero attached hydrogens (tertiary/aromatic N) is 1. The van der Waals surface area contributed by atoms with Crippen LogP contribution in [-0.2, 0) is 6.54 Å². The summed E-state index contributed by atoms with van der Waals surface area (Å²) >= 11 is 0. The quantitative estimate of drug-likeness (QED) is 0.819. The molecule has 2 fully saturated rings. The molecule has 2 aliphatic carbocycles. The fourth-order valence-corrected chi connectivity index (χ4v) is 4.19. The Labute approximate surface area is 117 Å². The van der Waals surface area contributed by atoms with Crippen LogP contribution in [0.4, 0.5) is 5.69 Å². The van der Waals surface area contributed by atoms with Crippen molar-refractivity contribution in [2.45, 2.75) is 39.2 Å². The van der Waals surface area contributed by atoms with Gasteiger partial charge >= 0.3 is 0 Å². The molecule has 3 rings (SSSR count). The number of hydrogen-bond donors (Lipinski definition) is 1. The highest BCUT2D eigenvalue weighted by Crippen LogP contribution is 2.48. The molecule has 2 heteroatoms. The molecule has 2 saturated carbocycles. The number of benzene rings is 1. The molecule has 19 heavy (non-hydrogen) atoms. The Morgan fingerprint density at radius 2 is 2.16 bits per heavy atom. The van der Waals surface area contributed by atoms with Gasteiger partial charge in [0, 0.05) is 18.8 Å². The minimum atomic E-state index is 0.883. The molecule has 2 bridgehead atoms. The van der Waals surface area contributed by atoms with E-state index in [9.17, 15) is 0 Å². The van der Waals surface area contributed by atoms with Crippen LogP contribution in [-0.4, -0.2) is 18.0 Å². The van der Waals surface area contributed by atoms with E-state index in [1.807, 2.05) is 6.07 Å². The van der Waals surface area contributed by atoms with Crippen LogP contribution in [0.15, 0.2) is 24.3 Å². The first-order chi connectivity index (χ1) is 9.24. The Bertz CT molecular complexity index is 429. The summed E-state index contributed by atoms with van der Waals surface area (Å²) in [5, 5.41) is 0. The van der Waals surface area contributed by atoms with Gasteiger partial charge in [-0.2, -0.15) is 0 Å². The minimum absolute atomic E-state index is 0.883. The van der Waals surface area contributed by atoms with Crippen LogP contribution in [0.2, 0.25) is 0 Å². The molecule has 3 atom stereocenters. The van der Waals surface area contributed by atoms with E-state index in [-0.39, 0.29) is 0 Å². The first kappa shape index (κ1) is 13.0. The number of nitrogens with two attached hydrogens (primary N) is 1. The summed E-state index contributed by atoms with van der Waals surface area (Å²) in [5.41, 5.74) is 8.10. The lowest BCUT2D eigenvalue weighted by Gasteiger charge is -2.29. The standard InChI is InChI=1S/C17H26N2/c1-2-19(11-14-4-3-5-17(18)10-14)12-16-9-13-6-7-15(16)8-13/h3-5,10,13,15-16H,2,6-9,11-12,18H2,1H3. The third-order valence-corrected chi connectivity index (χ3v) is 5.18. The van der Waals surface area contributed by atoms with E-state index >= 15 is 0 Å². The zero-order chi connectivity index (χ0) is 13.2. The average Bonchev–Trinajstić information content (AvgIpc) is 3.00. The van der Waals surface area contributed by atoms with E-state index in [0.717, 1.165) is 36.5 Å². The number of anilines is 1. The van der Waals surface area contributed by atoms with Crippen LogP contribution in [0.25, 0.3) is 0 Å². The molecular weight excluding hydrogens is 232 g/mol. The summed E-state index contributed by atoms with van der Waals surface area (Å²) in [6, 6.07) is 8.34. The van der Waals surface area contributed by atoms with Gasteiger partial charge in [0.25, 0.3) is 0 Å². The van der Waals surface area contributed by atoms with Gasteiger partial charge in [-0.1, -0.05) is 25.5 Å². The normalized spacial score (nSPS) is 29.3. The highest BCUT2D eigenvalue weighted by atomic mass is 15.1. The van der Waals surface area contributed by atoms with Crippen LogP contribution in [0, 0.1) is 17.8 Å². The van der Waals surface area contributed by atoms with Gasteiger partial charge in [0.15, 0.2) is 0 Å². The van der Waals surface area contributed by atoms with Crippen molar-refractivity contribution in [1.29, 1.82) is 0 Å². The van der Waals surface area contributed by atoms with E-state index in [0.29, 0.717) is 0 Å². The lowest BCUT2D eigenvalue weighted by Crippen LogP contribution is -2.31. The van der Waals surface area contributed by atoms with Crippen molar-refractivity contribution in [2.24, 2.45) is 17.8 Å². The van der Waals surface area contributed by atoms with E-state index in [4.69, 9.17) is 5.73 Å². The molecule has 0 amide bonds. The van der Waals surface area contributed by atoms with Gasteiger partial charge in [0.1, 0.15) is 0 Å². The molecule has 2 nitrogen and oxygen atoms in total. The lowest BCUT2D eigenvalue weighted by molar-refractivity contribution is 0.190. The average molecular weight is 258 g/mol. The molecule has 2 N–H and O–H groups in total. The number of fused-ring (bicyclic) bond motifs is 2. The van der Waals surface area contributed by atoms with Crippen molar-refractivity contribution in [2.75, 3.05) is 18.8 Å². The van der Waals surface area contributed by atoms with Crippen LogP contribution in [0.3, 0.4) is 0 Å². The second kappa shape index (κ2) is 5.54. The molecule has 0 heterocycles. The molecule has 0 radical (unpaired) electrons. The molecular formula is C17H26N2. The Hall–Kier alpha value is -1.02. The number of hydrogen-bond acceptors (Lipinski definition) is 2. The SMILES string of the molecule is CCN(Cc1cccc(N)c1)CC1CC2CCC1C2. The summed E-state index contributed by atoms with van der Waals surface area (Å²) in [4.78, 5) is 2.60. The summed E-state index contributed by atoms with van der Waals surface area (Å²) in [6.45, 7) is 5.75. The smallest absolute Gasteiger partial charge is 0.0317 e. The van der Waals surface area contributed by atoms with Gasteiger partial charge in [-0.05, 0) is 61.3 Å². The molecule has 104 valence electrons. The predicted octanol–water partition coefficient (Wildman–Crippen LogP) is 3.53. The van der Waals surface area contributed by atoms with Crippen LogP contribution in [0.5, 0.6) is 0 Å². The summed E-state index contributed by atoms with van der Waals surface area (Å²) in [6.07, 6.45) is 5.99. The van der Waals surface area contributed by atoms with Crippen molar-refractivity contribution in [3.63, 3.8) is 0 Å². The zero-order valence-electron chi connectivity index (χ0n) is 12.0. The van der Waals surface area contributed by atoms with Crippen LogP contribution in [0.1, 0.15) is 38.2 Å². The number of rotatable bonds is 5. The Morgan fingerprint density at radius 3 is 2.79 bits per heavy atom. The first-order valence-corrected chi connectivity index (χ1v) is 7.81. The van der Waals surface area contributed by atoms with Crippen LogP contribution >= 0.6 is 0 Å². The van der Waals surface area contributed by atoms with E-state index < -0.39 is 0 Å². The topological polar surface area (TPSA) is 29.3 Å². The van der Waals surface area contributed by atoms with E-state index in [1.165, 1.54) is 37.8 Å². The maximum absolute atomic E-state index is 5.87. The summed E-state index contributed by atoms with van der Waals surface area (Å²) < 4.78 is 0. The molecule has 0 saturated heterocycles. The lowest BCUT2D eigenvalue weighted by atomic mass is 9.88. The van der Waals surface area contributed by atoms with Crippen LogP contribution < -0.4 is 5.73 Å². The highest BCUT2D eigenvalue weighted by Gasteiger charge is 2.39. The first-order valence-electron chi connectivity index (χ1n) is 7.81. The largest absolute Gasteiger partial charge is 0.399 e. The van der Waals surface area contributed by atoms with Gasteiger partial charge in [0.2, 0.25) is 0 Å². The van der Waals surface area contributed by atoms with Crippen molar-refractivity contribution in [3.8, 4) is 0 Å². The Kier molecular flexibility index (Phi) is 3.79. The molecule has 0 aliphatic heterocycles. The third kappa shape index (κ3) is 2.94. The maximum atomic E-state index is 5.87. The molecule has 2 aliphatic rings. The monoisotopic (exact) mass is 258 g/mol. The van der Waals surface area contributed by atoms with Crippen molar-refractivity contribution in [1.82, 2.24) is 4.90 Å². The fourth-order valence-electron chi connectivity index (χ4n) is 4.19. The zero-order valence-corrected chi connectivity index (χ0v) is 12.0. The summed E-state index contributed by atoms with van der Waals surface area (Å²) in [5.74, 6) is 3.04. The Morgan fingerprint density at radius 1 is 1.26 bits per heavy atom. The molecule has 0 aromatic heterocycles.